The highest BCUT2D eigenvalue weighted by molar-refractivity contribution is 14.2. The van der Waals surface area contributed by atoms with Crippen LogP contribution in [-0.4, -0.2) is 5.11 Å². The summed E-state index contributed by atoms with van der Waals surface area (Å²) in [4.78, 5) is 0. The Hall–Kier alpha value is -0.820. The van der Waals surface area contributed by atoms with Crippen molar-refractivity contribution in [3.8, 4) is 24.7 Å². The fraction of sp³-hybridized carbons (Fsp3) is 0.231. The molecule has 0 spiro atoms. The summed E-state index contributed by atoms with van der Waals surface area (Å²) in [5.74, 6) is 4.61. The van der Waals surface area contributed by atoms with Gasteiger partial charge in [0.2, 0.25) is 0 Å². The third-order valence-corrected chi connectivity index (χ3v) is 2.84. The van der Waals surface area contributed by atoms with Crippen LogP contribution in [0.3, 0.4) is 0 Å². The molecule has 0 radical (unpaired) electrons. The SMILES string of the molecule is C#CC.C#CC(C)(O)c1ccccc1NSI. The van der Waals surface area contributed by atoms with E-state index < -0.39 is 5.60 Å². The Morgan fingerprint density at radius 2 is 1.94 bits per heavy atom. The van der Waals surface area contributed by atoms with Crippen LogP contribution in [0, 0.1) is 24.7 Å². The van der Waals surface area contributed by atoms with E-state index in [0.717, 1.165) is 5.69 Å². The van der Waals surface area contributed by atoms with Crippen LogP contribution in [0.2, 0.25) is 0 Å². The number of para-hydroxylation sites is 1. The van der Waals surface area contributed by atoms with E-state index in [0.29, 0.717) is 5.56 Å². The maximum Gasteiger partial charge on any atom is 0.149 e. The zero-order chi connectivity index (χ0) is 13.3. The second-order valence-corrected chi connectivity index (χ2v) is 4.91. The predicted molar refractivity (Wildman–Crippen MR) is 84.6 cm³/mol. The molecule has 0 amide bonds. The lowest BCUT2D eigenvalue weighted by molar-refractivity contribution is 0.123. The number of hydrogen-bond acceptors (Lipinski definition) is 3. The van der Waals surface area contributed by atoms with Crippen LogP contribution in [0.1, 0.15) is 19.4 Å². The maximum atomic E-state index is 9.91. The van der Waals surface area contributed by atoms with E-state index in [4.69, 9.17) is 6.42 Å². The van der Waals surface area contributed by atoms with E-state index in [9.17, 15) is 5.11 Å². The molecule has 90 valence electrons. The average Bonchev–Trinajstić information content (AvgIpc) is 2.31. The Morgan fingerprint density at radius 3 is 2.41 bits per heavy atom. The van der Waals surface area contributed by atoms with Crippen molar-refractivity contribution in [1.82, 2.24) is 0 Å². The van der Waals surface area contributed by atoms with Crippen molar-refractivity contribution in [2.45, 2.75) is 19.4 Å². The summed E-state index contributed by atoms with van der Waals surface area (Å²) in [6, 6.07) is 7.44. The monoisotopic (exact) mass is 359 g/mol. The van der Waals surface area contributed by atoms with Gasteiger partial charge in [-0.2, -0.15) is 0 Å². The molecule has 0 fully saturated rings. The molecule has 2 N–H and O–H groups in total. The molecule has 1 aromatic rings. The zero-order valence-electron chi connectivity index (χ0n) is 9.70. The van der Waals surface area contributed by atoms with Crippen LogP contribution >= 0.6 is 30.3 Å². The van der Waals surface area contributed by atoms with Gasteiger partial charge in [-0.1, -0.05) is 24.1 Å². The van der Waals surface area contributed by atoms with Crippen LogP contribution in [0.4, 0.5) is 5.69 Å². The first-order chi connectivity index (χ1) is 8.03. The maximum absolute atomic E-state index is 9.91. The Labute approximate surface area is 119 Å². The van der Waals surface area contributed by atoms with Crippen molar-refractivity contribution in [1.29, 1.82) is 0 Å². The van der Waals surface area contributed by atoms with E-state index in [1.54, 1.807) is 13.8 Å². The van der Waals surface area contributed by atoms with Crippen molar-refractivity contribution in [2.24, 2.45) is 0 Å². The third-order valence-electron chi connectivity index (χ3n) is 1.88. The molecule has 0 heterocycles. The first kappa shape index (κ1) is 16.2. The predicted octanol–water partition coefficient (Wildman–Crippen LogP) is 3.58. The number of hydrogen-bond donors (Lipinski definition) is 2. The van der Waals surface area contributed by atoms with Gasteiger partial charge in [-0.25, -0.2) is 0 Å². The number of rotatable bonds is 3. The molecule has 0 aliphatic heterocycles. The molecule has 2 nitrogen and oxygen atoms in total. The second-order valence-electron chi connectivity index (χ2n) is 3.23. The van der Waals surface area contributed by atoms with Gasteiger partial charge in [0.05, 0.1) is 5.69 Å². The van der Waals surface area contributed by atoms with E-state index >= 15 is 0 Å². The molecule has 1 atom stereocenters. The first-order valence-electron chi connectivity index (χ1n) is 4.74. The normalized spacial score (nSPS) is 12.1. The summed E-state index contributed by atoms with van der Waals surface area (Å²) in [6.07, 6.45) is 9.86. The Bertz CT molecular complexity index is 432. The molecule has 0 aliphatic rings. The van der Waals surface area contributed by atoms with Crippen LogP contribution in [0.25, 0.3) is 0 Å². The summed E-state index contributed by atoms with van der Waals surface area (Å²) >= 11 is 2.12. The van der Waals surface area contributed by atoms with Gasteiger partial charge in [-0.05, 0) is 19.9 Å². The first-order valence-corrected chi connectivity index (χ1v) is 8.10. The molecule has 1 rings (SSSR count). The highest BCUT2D eigenvalue weighted by atomic mass is 127. The number of nitrogens with one attached hydrogen (secondary N) is 1. The van der Waals surface area contributed by atoms with E-state index in [2.05, 4.69) is 44.2 Å². The molecule has 4 heteroatoms. The van der Waals surface area contributed by atoms with E-state index in [-0.39, 0.29) is 0 Å². The topological polar surface area (TPSA) is 32.3 Å². The highest BCUT2D eigenvalue weighted by Crippen LogP contribution is 2.30. The lowest BCUT2D eigenvalue weighted by Gasteiger charge is -2.20. The molecule has 0 saturated carbocycles. The molecule has 17 heavy (non-hydrogen) atoms. The average molecular weight is 359 g/mol. The van der Waals surface area contributed by atoms with Gasteiger partial charge >= 0.3 is 0 Å². The Balaban J connectivity index is 0.000000770. The third kappa shape index (κ3) is 5.36. The fourth-order valence-corrected chi connectivity index (χ4v) is 2.09. The second kappa shape index (κ2) is 8.30. The number of anilines is 1. The van der Waals surface area contributed by atoms with Crippen LogP contribution in [0.15, 0.2) is 24.3 Å². The summed E-state index contributed by atoms with van der Waals surface area (Å²) < 4.78 is 3.06. The largest absolute Gasteiger partial charge is 0.374 e. The van der Waals surface area contributed by atoms with Crippen LogP contribution < -0.4 is 4.72 Å². The summed E-state index contributed by atoms with van der Waals surface area (Å²) in [7, 11) is 1.44. The summed E-state index contributed by atoms with van der Waals surface area (Å²) in [5, 5.41) is 9.91. The van der Waals surface area contributed by atoms with Crippen LogP contribution in [-0.2, 0) is 5.60 Å². The Kier molecular flexibility index (Phi) is 7.90. The fourth-order valence-electron chi connectivity index (χ4n) is 1.12. The summed E-state index contributed by atoms with van der Waals surface area (Å²) in [6.45, 7) is 3.26. The zero-order valence-corrected chi connectivity index (χ0v) is 12.7. The molecule has 0 bridgehead atoms. The van der Waals surface area contributed by atoms with Gasteiger partial charge in [-0.3, -0.25) is 0 Å². The van der Waals surface area contributed by atoms with Gasteiger partial charge in [-0.15, -0.1) is 18.8 Å². The van der Waals surface area contributed by atoms with Crippen molar-refractivity contribution < 1.29 is 5.11 Å². The lowest BCUT2D eigenvalue weighted by Crippen LogP contribution is -2.19. The number of aliphatic hydroxyl groups is 1. The van der Waals surface area contributed by atoms with Gasteiger partial charge in [0.15, 0.2) is 0 Å². The summed E-state index contributed by atoms with van der Waals surface area (Å²) in [5.41, 5.74) is 0.331. The van der Waals surface area contributed by atoms with E-state index in [1.807, 2.05) is 24.3 Å². The Morgan fingerprint density at radius 1 is 1.41 bits per heavy atom. The standard InChI is InChI=1S/C10H10INOS.C3H4/c1-3-10(2,13)8-6-4-5-7-9(8)12-14-11;1-3-2/h1,4-7,12-13H,2H3;1H,2H3. The minimum atomic E-state index is -1.23. The minimum absolute atomic E-state index is 0.715. The minimum Gasteiger partial charge on any atom is -0.374 e. The van der Waals surface area contributed by atoms with Gasteiger partial charge in [0.1, 0.15) is 5.60 Å². The van der Waals surface area contributed by atoms with Gasteiger partial charge in [0, 0.05) is 35.9 Å². The van der Waals surface area contributed by atoms with Crippen molar-refractivity contribution in [3.05, 3.63) is 29.8 Å². The highest BCUT2D eigenvalue weighted by Gasteiger charge is 2.22. The smallest absolute Gasteiger partial charge is 0.149 e. The molecule has 0 aromatic heterocycles. The number of terminal acetylenes is 2. The molecule has 0 aliphatic carbocycles. The molecule has 0 saturated heterocycles. The van der Waals surface area contributed by atoms with Gasteiger partial charge in [0.25, 0.3) is 0 Å². The van der Waals surface area contributed by atoms with E-state index in [1.165, 1.54) is 9.12 Å². The van der Waals surface area contributed by atoms with Crippen molar-refractivity contribution in [3.63, 3.8) is 0 Å². The van der Waals surface area contributed by atoms with Crippen molar-refractivity contribution >= 4 is 36.0 Å². The quantitative estimate of drug-likeness (QED) is 0.492. The molecule has 1 aromatic carbocycles. The molecule has 1 unspecified atom stereocenters. The molecular weight excluding hydrogens is 345 g/mol. The van der Waals surface area contributed by atoms with Crippen molar-refractivity contribution in [2.75, 3.05) is 4.72 Å². The molecular formula is C13H14INOS. The van der Waals surface area contributed by atoms with Gasteiger partial charge < -0.3 is 9.83 Å². The van der Waals surface area contributed by atoms with Crippen LogP contribution in [0.5, 0.6) is 0 Å². The number of halogens is 1. The lowest BCUT2D eigenvalue weighted by atomic mass is 9.95. The number of benzene rings is 1.